The van der Waals surface area contributed by atoms with Gasteiger partial charge in [-0.25, -0.2) is 0 Å². The van der Waals surface area contributed by atoms with E-state index in [1.54, 1.807) is 0 Å². The summed E-state index contributed by atoms with van der Waals surface area (Å²) in [5.74, 6) is 0. The first kappa shape index (κ1) is 4.62. The summed E-state index contributed by atoms with van der Waals surface area (Å²) in [6.45, 7) is 4.08. The van der Waals surface area contributed by atoms with Crippen LogP contribution >= 0.6 is 0 Å². The number of nitrogens with zero attached hydrogens (tertiary/aromatic N) is 2. The van der Waals surface area contributed by atoms with E-state index in [0.29, 0.717) is 0 Å². The van der Waals surface area contributed by atoms with Crippen molar-refractivity contribution in [2.45, 2.75) is 13.3 Å². The highest BCUT2D eigenvalue weighted by Crippen LogP contribution is 2.05. The summed E-state index contributed by atoms with van der Waals surface area (Å²) in [4.78, 5) is 0. The van der Waals surface area contributed by atoms with Gasteiger partial charge in [0.05, 0.1) is 6.54 Å². The minimum absolute atomic E-state index is 1.02. The Morgan fingerprint density at radius 2 is 2.57 bits per heavy atom. The molecule has 1 aliphatic rings. The van der Waals surface area contributed by atoms with Gasteiger partial charge in [-0.3, -0.25) is 5.01 Å². The van der Waals surface area contributed by atoms with Crippen LogP contribution in [0, 0.1) is 6.54 Å². The molecule has 1 heterocycles. The molecule has 0 atom stereocenters. The highest BCUT2D eigenvalue weighted by Gasteiger charge is 2.04. The molecule has 7 heavy (non-hydrogen) atoms. The highest BCUT2D eigenvalue weighted by atomic mass is 15.4. The predicted octanol–water partition coefficient (Wildman–Crippen LogP) is 0.860. The van der Waals surface area contributed by atoms with Crippen LogP contribution in [-0.2, 0) is 0 Å². The molecule has 0 bridgehead atoms. The molecule has 0 amide bonds. The molecule has 0 spiro atoms. The summed E-state index contributed by atoms with van der Waals surface area (Å²) in [5.41, 5.74) is 1.20. The largest absolute Gasteiger partial charge is 0.295 e. The molecular weight excluding hydrogens is 88.1 g/mol. The quantitative estimate of drug-likeness (QED) is 0.437. The second-order valence-corrected chi connectivity index (χ2v) is 1.80. The fraction of sp³-hybridized carbons (Fsp3) is 0.600. The minimum Gasteiger partial charge on any atom is -0.295 e. The molecule has 0 saturated heterocycles. The van der Waals surface area contributed by atoms with Crippen molar-refractivity contribution in [3.63, 3.8) is 0 Å². The van der Waals surface area contributed by atoms with Gasteiger partial charge in [-0.15, -0.1) is 0 Å². The Balaban J connectivity index is 2.50. The third-order valence-electron chi connectivity index (χ3n) is 0.979. The van der Waals surface area contributed by atoms with Crippen molar-refractivity contribution in [1.82, 2.24) is 5.01 Å². The Morgan fingerprint density at radius 1 is 1.86 bits per heavy atom. The molecule has 1 aliphatic heterocycles. The normalized spacial score (nSPS) is 20.3. The molecule has 0 fully saturated rings. The molecule has 2 heteroatoms. The number of rotatable bonds is 0. The van der Waals surface area contributed by atoms with Crippen molar-refractivity contribution in [3.8, 4) is 0 Å². The topological polar surface area (TPSA) is 15.6 Å². The molecule has 0 aromatic rings. The van der Waals surface area contributed by atoms with E-state index in [2.05, 4.69) is 11.6 Å². The van der Waals surface area contributed by atoms with Crippen LogP contribution in [-0.4, -0.2) is 17.8 Å². The van der Waals surface area contributed by atoms with Crippen molar-refractivity contribution in [1.29, 1.82) is 0 Å². The van der Waals surface area contributed by atoms with E-state index in [9.17, 15) is 0 Å². The van der Waals surface area contributed by atoms with Crippen molar-refractivity contribution in [3.05, 3.63) is 6.54 Å². The maximum Gasteiger partial charge on any atom is 0.0743 e. The fourth-order valence-electron chi connectivity index (χ4n) is 0.615. The van der Waals surface area contributed by atoms with Gasteiger partial charge in [0.25, 0.3) is 0 Å². The highest BCUT2D eigenvalue weighted by molar-refractivity contribution is 5.83. The van der Waals surface area contributed by atoms with Gasteiger partial charge >= 0.3 is 0 Å². The van der Waals surface area contributed by atoms with Gasteiger partial charge in [0.1, 0.15) is 0 Å². The summed E-state index contributed by atoms with van der Waals surface area (Å²) in [6, 6.07) is 0. The summed E-state index contributed by atoms with van der Waals surface area (Å²) in [5, 5.41) is 5.93. The fourth-order valence-corrected chi connectivity index (χ4v) is 0.615. The third-order valence-corrected chi connectivity index (χ3v) is 0.979. The van der Waals surface area contributed by atoms with Crippen LogP contribution in [0.2, 0.25) is 0 Å². The number of hydrogen-bond acceptors (Lipinski definition) is 2. The van der Waals surface area contributed by atoms with Crippen LogP contribution in [0.4, 0.5) is 0 Å². The monoisotopic (exact) mass is 97.1 g/mol. The van der Waals surface area contributed by atoms with Crippen LogP contribution in [0.3, 0.4) is 0 Å². The molecule has 0 N–H and O–H groups in total. The number of hydrogen-bond donors (Lipinski definition) is 0. The zero-order valence-electron chi connectivity index (χ0n) is 4.68. The van der Waals surface area contributed by atoms with Crippen LogP contribution in [0.25, 0.3) is 0 Å². The van der Waals surface area contributed by atoms with E-state index in [-0.39, 0.29) is 0 Å². The first-order valence-electron chi connectivity index (χ1n) is 2.39. The molecule has 0 unspecified atom stereocenters. The SMILES string of the molecule is CC1=NN(C)[CH]C1. The molecule has 1 rings (SSSR count). The molecule has 0 aromatic heterocycles. The lowest BCUT2D eigenvalue weighted by molar-refractivity contribution is 0.456. The minimum atomic E-state index is 1.02. The van der Waals surface area contributed by atoms with Gasteiger partial charge in [-0.1, -0.05) is 0 Å². The standard InChI is InChI=1S/C5H9N2/c1-5-3-4-7(2)6-5/h4H,3H2,1-2H3. The first-order chi connectivity index (χ1) is 3.29. The first-order valence-corrected chi connectivity index (χ1v) is 2.39. The lowest BCUT2D eigenvalue weighted by atomic mass is 10.3. The van der Waals surface area contributed by atoms with Crippen molar-refractivity contribution >= 4 is 5.71 Å². The summed E-state index contributed by atoms with van der Waals surface area (Å²) in [7, 11) is 1.94. The smallest absolute Gasteiger partial charge is 0.0743 e. The van der Waals surface area contributed by atoms with E-state index >= 15 is 0 Å². The van der Waals surface area contributed by atoms with Crippen molar-refractivity contribution in [2.75, 3.05) is 7.05 Å². The van der Waals surface area contributed by atoms with E-state index in [1.807, 2.05) is 19.0 Å². The third kappa shape index (κ3) is 0.918. The average Bonchev–Trinajstić information content (AvgIpc) is 1.87. The molecule has 0 aliphatic carbocycles. The van der Waals surface area contributed by atoms with Crippen LogP contribution < -0.4 is 0 Å². The van der Waals surface area contributed by atoms with Gasteiger partial charge in [0, 0.05) is 19.2 Å². The maximum atomic E-state index is 4.08. The zero-order valence-corrected chi connectivity index (χ0v) is 4.68. The lowest BCUT2D eigenvalue weighted by Gasteiger charge is -1.99. The van der Waals surface area contributed by atoms with Crippen LogP contribution in [0.1, 0.15) is 13.3 Å². The average molecular weight is 97.1 g/mol. The maximum absolute atomic E-state index is 4.08. The van der Waals surface area contributed by atoms with Gasteiger partial charge in [0.15, 0.2) is 0 Å². The van der Waals surface area contributed by atoms with Gasteiger partial charge < -0.3 is 0 Å². The Labute approximate surface area is 43.8 Å². The Hall–Kier alpha value is -0.530. The second kappa shape index (κ2) is 1.52. The molecule has 2 nitrogen and oxygen atoms in total. The Morgan fingerprint density at radius 3 is 2.71 bits per heavy atom. The van der Waals surface area contributed by atoms with Gasteiger partial charge in [-0.05, 0) is 6.92 Å². The number of hydrazone groups is 1. The van der Waals surface area contributed by atoms with E-state index in [0.717, 1.165) is 6.42 Å². The summed E-state index contributed by atoms with van der Waals surface area (Å²) >= 11 is 0. The summed E-state index contributed by atoms with van der Waals surface area (Å²) in [6.07, 6.45) is 1.02. The van der Waals surface area contributed by atoms with E-state index in [4.69, 9.17) is 0 Å². The van der Waals surface area contributed by atoms with Crippen LogP contribution in [0.15, 0.2) is 5.10 Å². The van der Waals surface area contributed by atoms with E-state index in [1.165, 1.54) is 5.71 Å². The van der Waals surface area contributed by atoms with Gasteiger partial charge in [-0.2, -0.15) is 5.10 Å². The molecule has 0 saturated carbocycles. The molecular formula is C5H9N2. The zero-order chi connectivity index (χ0) is 5.28. The predicted molar refractivity (Wildman–Crippen MR) is 29.8 cm³/mol. The van der Waals surface area contributed by atoms with Gasteiger partial charge in [0.2, 0.25) is 0 Å². The Kier molecular flexibility index (Phi) is 1.01. The molecule has 39 valence electrons. The molecule has 0 aromatic carbocycles. The molecule has 1 radical (unpaired) electrons. The van der Waals surface area contributed by atoms with E-state index < -0.39 is 0 Å². The van der Waals surface area contributed by atoms with Crippen molar-refractivity contribution < 1.29 is 0 Å². The summed E-state index contributed by atoms with van der Waals surface area (Å²) < 4.78 is 0. The second-order valence-electron chi connectivity index (χ2n) is 1.80. The lowest BCUT2D eigenvalue weighted by Crippen LogP contribution is -1.98. The van der Waals surface area contributed by atoms with Crippen molar-refractivity contribution in [2.24, 2.45) is 5.10 Å². The Bertz CT molecular complexity index is 96.3. The van der Waals surface area contributed by atoms with Crippen LogP contribution in [0.5, 0.6) is 0 Å².